The fourth-order valence-corrected chi connectivity index (χ4v) is 11.6. The van der Waals surface area contributed by atoms with Crippen LogP contribution in [0.25, 0.3) is 0 Å². The molecule has 492 valence electrons. The number of hydrogen-bond acceptors (Lipinski definition) is 5. The molecular formula is C75H142N2O6P+. The van der Waals surface area contributed by atoms with E-state index in [9.17, 15) is 19.4 Å². The number of amides is 1. The number of hydrogen-bond donors (Lipinski definition) is 3. The normalized spacial score (nSPS) is 14.0. The summed E-state index contributed by atoms with van der Waals surface area (Å²) < 4.78 is 23.8. The Hall–Kier alpha value is -2.06. The molecule has 0 aliphatic rings. The van der Waals surface area contributed by atoms with Crippen molar-refractivity contribution in [2.24, 2.45) is 0 Å². The molecule has 0 radical (unpaired) electrons. The predicted molar refractivity (Wildman–Crippen MR) is 369 cm³/mol. The van der Waals surface area contributed by atoms with Crippen LogP contribution in [-0.4, -0.2) is 73.4 Å². The standard InChI is InChI=1S/C75H141N2O6P/c1-6-8-10-12-14-16-18-20-22-24-26-28-30-32-33-34-35-36-37-38-39-40-41-42-43-45-47-49-51-53-55-57-59-61-63-65-67-69-75(79)76-73(72-83-84(80,81)82-71-70-77(3,4)5)74(78)68-66-64-62-60-58-56-54-52-50-48-46-44-31-29-27-25-23-21-19-17-15-13-11-9-7-2/h8,10,14,16,20,22,26,28,32-33,66,68,73-74,78H,6-7,9,11-13,15,17-19,21,23-25,27,29-31,34-65,67,69-72H2,1-5H3,(H-,76,79,80,81)/p+1/b10-8-,16-14-,22-20-,28-26-,33-32-,68-66+. The molecule has 0 saturated carbocycles. The van der Waals surface area contributed by atoms with Crippen LogP contribution in [0.3, 0.4) is 0 Å². The Balaban J connectivity index is 4.00. The number of aliphatic hydroxyl groups excluding tert-OH is 1. The molecule has 0 aromatic heterocycles. The van der Waals surface area contributed by atoms with Crippen LogP contribution < -0.4 is 5.32 Å². The van der Waals surface area contributed by atoms with Gasteiger partial charge in [0, 0.05) is 6.42 Å². The van der Waals surface area contributed by atoms with Gasteiger partial charge in [-0.15, -0.1) is 0 Å². The topological polar surface area (TPSA) is 105 Å². The maximum Gasteiger partial charge on any atom is 0.472 e. The van der Waals surface area contributed by atoms with Crippen LogP contribution in [0.2, 0.25) is 0 Å². The molecule has 0 aromatic rings. The number of nitrogens with one attached hydrogen (secondary N) is 1. The minimum absolute atomic E-state index is 0.0621. The molecular weight excluding hydrogens is 1060 g/mol. The van der Waals surface area contributed by atoms with E-state index < -0.39 is 20.0 Å². The summed E-state index contributed by atoms with van der Waals surface area (Å²) in [4.78, 5) is 23.4. The predicted octanol–water partition coefficient (Wildman–Crippen LogP) is 23.3. The van der Waals surface area contributed by atoms with Gasteiger partial charge in [0.15, 0.2) is 0 Å². The van der Waals surface area contributed by atoms with Crippen LogP contribution in [0.1, 0.15) is 348 Å². The highest BCUT2D eigenvalue weighted by molar-refractivity contribution is 7.47. The van der Waals surface area contributed by atoms with Crippen LogP contribution in [0.15, 0.2) is 72.9 Å². The van der Waals surface area contributed by atoms with Crippen molar-refractivity contribution in [1.82, 2.24) is 5.32 Å². The maximum atomic E-state index is 13.1. The maximum absolute atomic E-state index is 13.1. The summed E-state index contributed by atoms with van der Waals surface area (Å²) >= 11 is 0. The van der Waals surface area contributed by atoms with Gasteiger partial charge >= 0.3 is 7.82 Å². The van der Waals surface area contributed by atoms with Crippen LogP contribution in [-0.2, 0) is 18.4 Å². The number of aliphatic hydroxyl groups is 1. The first-order chi connectivity index (χ1) is 41.0. The first kappa shape index (κ1) is 81.9. The van der Waals surface area contributed by atoms with Gasteiger partial charge in [-0.2, -0.15) is 0 Å². The highest BCUT2D eigenvalue weighted by Gasteiger charge is 2.28. The van der Waals surface area contributed by atoms with Crippen LogP contribution in [0, 0.1) is 0 Å². The van der Waals surface area contributed by atoms with Crippen LogP contribution >= 0.6 is 7.82 Å². The van der Waals surface area contributed by atoms with Crippen molar-refractivity contribution in [2.45, 2.75) is 360 Å². The lowest BCUT2D eigenvalue weighted by Gasteiger charge is -2.25. The molecule has 3 unspecified atom stereocenters. The molecule has 0 aliphatic heterocycles. The van der Waals surface area contributed by atoms with E-state index in [1.807, 2.05) is 27.2 Å². The number of phosphoric ester groups is 1. The lowest BCUT2D eigenvalue weighted by molar-refractivity contribution is -0.870. The van der Waals surface area contributed by atoms with E-state index in [4.69, 9.17) is 9.05 Å². The summed E-state index contributed by atoms with van der Waals surface area (Å²) in [7, 11) is 1.58. The smallest absolute Gasteiger partial charge is 0.387 e. The Kier molecular flexibility index (Phi) is 63.8. The molecule has 0 spiro atoms. The minimum Gasteiger partial charge on any atom is -0.387 e. The quantitative estimate of drug-likeness (QED) is 0.0243. The molecule has 3 atom stereocenters. The largest absolute Gasteiger partial charge is 0.472 e. The van der Waals surface area contributed by atoms with E-state index in [1.54, 1.807) is 6.08 Å². The number of quaternary nitrogens is 1. The van der Waals surface area contributed by atoms with Crippen LogP contribution in [0.4, 0.5) is 0 Å². The number of phosphoric acid groups is 1. The molecule has 8 nitrogen and oxygen atoms in total. The number of likely N-dealkylation sites (N-methyl/N-ethyl adjacent to an activating group) is 1. The average Bonchev–Trinajstić information content (AvgIpc) is 3.56. The molecule has 0 saturated heterocycles. The summed E-state index contributed by atoms with van der Waals surface area (Å²) in [5.41, 5.74) is 0. The van der Waals surface area contributed by atoms with Crippen LogP contribution in [0.5, 0.6) is 0 Å². The number of unbranched alkanes of at least 4 members (excludes halogenated alkanes) is 44. The molecule has 0 fully saturated rings. The van der Waals surface area contributed by atoms with Gasteiger partial charge < -0.3 is 19.8 Å². The second kappa shape index (κ2) is 65.4. The summed E-state index contributed by atoms with van der Waals surface area (Å²) in [6.45, 7) is 4.75. The van der Waals surface area contributed by atoms with Gasteiger partial charge in [0.1, 0.15) is 13.2 Å². The Morgan fingerprint density at radius 2 is 0.714 bits per heavy atom. The summed E-state index contributed by atoms with van der Waals surface area (Å²) in [6, 6.07) is -0.849. The van der Waals surface area contributed by atoms with Gasteiger partial charge in [-0.1, -0.05) is 350 Å². The Morgan fingerprint density at radius 3 is 1.05 bits per heavy atom. The number of carbonyl (C=O) groups is 1. The SMILES string of the molecule is CC/C=C\C/C=C\C/C=C\C/C=C\C/C=C\CCCCCCCCCCCCCCCCCCCCCCCC(=O)NC(COP(=O)(O)OCC[N+](C)(C)C)C(O)/C=C/CCCCCCCCCCCCCCCCCCCCCCCCC. The third kappa shape index (κ3) is 67.4. The third-order valence-electron chi connectivity index (χ3n) is 16.4. The van der Waals surface area contributed by atoms with Crippen molar-refractivity contribution in [1.29, 1.82) is 0 Å². The monoisotopic (exact) mass is 1200 g/mol. The van der Waals surface area contributed by atoms with E-state index in [1.165, 1.54) is 257 Å². The summed E-state index contributed by atoms with van der Waals surface area (Å²) in [5.74, 6) is -0.171. The zero-order chi connectivity index (χ0) is 61.2. The van der Waals surface area contributed by atoms with Gasteiger partial charge in [0.25, 0.3) is 0 Å². The molecule has 1 amide bonds. The second-order valence-electron chi connectivity index (χ2n) is 25.9. The fraction of sp³-hybridized carbons (Fsp3) is 0.827. The molecule has 84 heavy (non-hydrogen) atoms. The summed E-state index contributed by atoms with van der Waals surface area (Å²) in [5, 5.41) is 14.0. The highest BCUT2D eigenvalue weighted by atomic mass is 31.2. The zero-order valence-corrected chi connectivity index (χ0v) is 57.3. The molecule has 0 aliphatic carbocycles. The fourth-order valence-electron chi connectivity index (χ4n) is 10.8. The van der Waals surface area contributed by atoms with Gasteiger partial charge in [-0.25, -0.2) is 4.57 Å². The van der Waals surface area contributed by atoms with Crippen molar-refractivity contribution in [3.8, 4) is 0 Å². The zero-order valence-electron chi connectivity index (χ0n) is 56.4. The molecule has 0 bridgehead atoms. The molecule has 0 rings (SSSR count). The molecule has 9 heteroatoms. The van der Waals surface area contributed by atoms with E-state index in [0.29, 0.717) is 17.4 Å². The van der Waals surface area contributed by atoms with Gasteiger partial charge in [0.05, 0.1) is 39.9 Å². The Bertz CT molecular complexity index is 1600. The molecule has 0 heterocycles. The van der Waals surface area contributed by atoms with E-state index in [-0.39, 0.29) is 19.1 Å². The number of rotatable bonds is 67. The molecule has 3 N–H and O–H groups in total. The second-order valence-corrected chi connectivity index (χ2v) is 27.4. The lowest BCUT2D eigenvalue weighted by atomic mass is 10.0. The highest BCUT2D eigenvalue weighted by Crippen LogP contribution is 2.43. The Labute approximate surface area is 523 Å². The first-order valence-corrected chi connectivity index (χ1v) is 37.8. The van der Waals surface area contributed by atoms with E-state index in [2.05, 4.69) is 79.9 Å². The van der Waals surface area contributed by atoms with E-state index in [0.717, 1.165) is 70.6 Å². The lowest BCUT2D eigenvalue weighted by Crippen LogP contribution is -2.45. The number of allylic oxidation sites excluding steroid dienone is 11. The van der Waals surface area contributed by atoms with Crippen molar-refractivity contribution >= 4 is 13.7 Å². The molecule has 0 aromatic carbocycles. The van der Waals surface area contributed by atoms with Gasteiger partial charge in [-0.3, -0.25) is 13.8 Å². The third-order valence-corrected chi connectivity index (χ3v) is 17.4. The van der Waals surface area contributed by atoms with Gasteiger partial charge in [-0.05, 0) is 64.2 Å². The average molecular weight is 1200 g/mol. The first-order valence-electron chi connectivity index (χ1n) is 36.3. The van der Waals surface area contributed by atoms with Crippen molar-refractivity contribution in [2.75, 3.05) is 40.9 Å². The van der Waals surface area contributed by atoms with Gasteiger partial charge in [0.2, 0.25) is 5.91 Å². The Morgan fingerprint density at radius 1 is 0.417 bits per heavy atom. The number of nitrogens with zero attached hydrogens (tertiary/aromatic N) is 1. The van der Waals surface area contributed by atoms with Crippen molar-refractivity contribution in [3.63, 3.8) is 0 Å². The minimum atomic E-state index is -4.36. The number of carbonyl (C=O) groups excluding carboxylic acids is 1. The van der Waals surface area contributed by atoms with E-state index >= 15 is 0 Å². The summed E-state index contributed by atoms with van der Waals surface area (Å²) in [6.07, 6.45) is 92.0. The van der Waals surface area contributed by atoms with Crippen molar-refractivity contribution < 1.29 is 32.9 Å². The van der Waals surface area contributed by atoms with Crippen molar-refractivity contribution in [3.05, 3.63) is 72.9 Å².